The van der Waals surface area contributed by atoms with E-state index in [9.17, 15) is 4.79 Å². The minimum absolute atomic E-state index is 0.0984. The Labute approximate surface area is 108 Å². The summed E-state index contributed by atoms with van der Waals surface area (Å²) in [5.74, 6) is 0.0984. The first-order valence-corrected chi connectivity index (χ1v) is 7.27. The lowest BCUT2D eigenvalue weighted by Gasteiger charge is -2.21. The van der Waals surface area contributed by atoms with Crippen molar-refractivity contribution in [3.63, 3.8) is 0 Å². The van der Waals surface area contributed by atoms with Crippen LogP contribution >= 0.6 is 27.3 Å². The summed E-state index contributed by atoms with van der Waals surface area (Å²) in [6, 6.07) is 3.75. The summed E-state index contributed by atoms with van der Waals surface area (Å²) in [5.41, 5.74) is 0. The molecule has 88 valence electrons. The van der Waals surface area contributed by atoms with E-state index in [1.807, 2.05) is 12.1 Å². The summed E-state index contributed by atoms with van der Waals surface area (Å²) in [5, 5.41) is 0. The van der Waals surface area contributed by atoms with E-state index in [0.29, 0.717) is 6.10 Å². The highest BCUT2D eigenvalue weighted by Crippen LogP contribution is 2.24. The molecule has 0 bridgehead atoms. The van der Waals surface area contributed by atoms with E-state index in [1.165, 1.54) is 30.6 Å². The number of hydrogen-bond donors (Lipinski definition) is 0. The quantitative estimate of drug-likeness (QED) is 0.785. The number of carbonyl (C=O) groups excluding carboxylic acids is 1. The van der Waals surface area contributed by atoms with Gasteiger partial charge in [0.25, 0.3) is 0 Å². The minimum Gasteiger partial charge on any atom is -0.370 e. The number of hydrogen-bond acceptors (Lipinski definition) is 3. The lowest BCUT2D eigenvalue weighted by atomic mass is 9.98. The van der Waals surface area contributed by atoms with E-state index in [-0.39, 0.29) is 12.4 Å². The van der Waals surface area contributed by atoms with Gasteiger partial charge in [-0.05, 0) is 40.9 Å². The molecular formula is C12H15BrO2S. The molecule has 0 aromatic carbocycles. The van der Waals surface area contributed by atoms with Gasteiger partial charge in [-0.3, -0.25) is 4.79 Å². The van der Waals surface area contributed by atoms with Gasteiger partial charge < -0.3 is 4.74 Å². The number of Topliss-reactive ketones (excluding diaryl/α,β-unsaturated/α-hetero) is 1. The fourth-order valence-electron chi connectivity index (χ4n) is 1.96. The lowest BCUT2D eigenvalue weighted by molar-refractivity contribution is 0.0286. The van der Waals surface area contributed by atoms with Gasteiger partial charge in [0, 0.05) is 0 Å². The summed E-state index contributed by atoms with van der Waals surface area (Å²) >= 11 is 4.82. The standard InChI is InChI=1S/C12H15BrO2S/c13-12-7-6-11(16-12)10(14)8-15-9-4-2-1-3-5-9/h6-7,9H,1-5,8H2. The average Bonchev–Trinajstić information content (AvgIpc) is 2.74. The monoisotopic (exact) mass is 302 g/mol. The van der Waals surface area contributed by atoms with Crippen molar-refractivity contribution in [3.05, 3.63) is 20.8 Å². The second kappa shape index (κ2) is 5.94. The molecule has 0 atom stereocenters. The molecule has 2 nitrogen and oxygen atoms in total. The highest BCUT2D eigenvalue weighted by molar-refractivity contribution is 9.11. The van der Waals surface area contributed by atoms with Crippen molar-refractivity contribution in [2.24, 2.45) is 0 Å². The first-order valence-electron chi connectivity index (χ1n) is 5.66. The third kappa shape index (κ3) is 3.40. The van der Waals surface area contributed by atoms with Crippen LogP contribution < -0.4 is 0 Å². The van der Waals surface area contributed by atoms with Gasteiger partial charge >= 0.3 is 0 Å². The van der Waals surface area contributed by atoms with Gasteiger partial charge in [-0.1, -0.05) is 19.3 Å². The van der Waals surface area contributed by atoms with Crippen LogP contribution in [0.1, 0.15) is 41.8 Å². The second-order valence-electron chi connectivity index (χ2n) is 4.10. The van der Waals surface area contributed by atoms with Crippen LogP contribution in [0.5, 0.6) is 0 Å². The van der Waals surface area contributed by atoms with Crippen LogP contribution in [0.4, 0.5) is 0 Å². The Morgan fingerprint density at radius 1 is 1.38 bits per heavy atom. The molecular weight excluding hydrogens is 288 g/mol. The predicted octanol–water partition coefficient (Wildman–Crippen LogP) is 4.04. The van der Waals surface area contributed by atoms with E-state index in [4.69, 9.17) is 4.74 Å². The van der Waals surface area contributed by atoms with E-state index >= 15 is 0 Å². The maximum absolute atomic E-state index is 11.8. The molecule has 0 radical (unpaired) electrons. The number of thiophene rings is 1. The number of ketones is 1. The van der Waals surface area contributed by atoms with E-state index in [1.54, 1.807) is 0 Å². The molecule has 0 saturated heterocycles. The van der Waals surface area contributed by atoms with Gasteiger partial charge in [-0.15, -0.1) is 11.3 Å². The van der Waals surface area contributed by atoms with Crippen molar-refractivity contribution < 1.29 is 9.53 Å². The molecule has 0 unspecified atom stereocenters. The zero-order valence-corrected chi connectivity index (χ0v) is 11.5. The first kappa shape index (κ1) is 12.3. The SMILES string of the molecule is O=C(COC1CCCCC1)c1ccc(Br)s1. The Balaban J connectivity index is 1.79. The summed E-state index contributed by atoms with van der Waals surface area (Å²) in [6.45, 7) is 0.234. The Hall–Kier alpha value is -0.190. The number of rotatable bonds is 4. The summed E-state index contributed by atoms with van der Waals surface area (Å²) in [7, 11) is 0. The Morgan fingerprint density at radius 2 is 2.12 bits per heavy atom. The van der Waals surface area contributed by atoms with Crippen molar-refractivity contribution >= 4 is 33.0 Å². The number of ether oxygens (including phenoxy) is 1. The number of halogens is 1. The van der Waals surface area contributed by atoms with Gasteiger partial charge in [-0.2, -0.15) is 0 Å². The molecule has 0 spiro atoms. The highest BCUT2D eigenvalue weighted by atomic mass is 79.9. The van der Waals surface area contributed by atoms with Crippen LogP contribution in [0.15, 0.2) is 15.9 Å². The Morgan fingerprint density at radius 3 is 2.75 bits per heavy atom. The predicted molar refractivity (Wildman–Crippen MR) is 69.2 cm³/mol. The van der Waals surface area contributed by atoms with Crippen LogP contribution in [0, 0.1) is 0 Å². The van der Waals surface area contributed by atoms with Crippen molar-refractivity contribution in [1.29, 1.82) is 0 Å². The molecule has 1 aliphatic carbocycles. The molecule has 16 heavy (non-hydrogen) atoms. The Bertz CT molecular complexity index is 356. The summed E-state index contributed by atoms with van der Waals surface area (Å²) in [4.78, 5) is 12.5. The van der Waals surface area contributed by atoms with E-state index in [2.05, 4.69) is 15.9 Å². The zero-order chi connectivity index (χ0) is 11.4. The fraction of sp³-hybridized carbons (Fsp3) is 0.583. The van der Waals surface area contributed by atoms with Gasteiger partial charge in [0.2, 0.25) is 0 Å². The first-order chi connectivity index (χ1) is 7.75. The third-order valence-corrected chi connectivity index (χ3v) is 4.52. The molecule has 1 aromatic heterocycles. The molecule has 1 fully saturated rings. The molecule has 0 amide bonds. The van der Waals surface area contributed by atoms with Gasteiger partial charge in [0.15, 0.2) is 5.78 Å². The van der Waals surface area contributed by atoms with Gasteiger partial charge in [0.1, 0.15) is 6.61 Å². The highest BCUT2D eigenvalue weighted by Gasteiger charge is 2.16. The largest absolute Gasteiger partial charge is 0.370 e. The Kier molecular flexibility index (Phi) is 4.55. The summed E-state index contributed by atoms with van der Waals surface area (Å²) in [6.07, 6.45) is 6.32. The van der Waals surface area contributed by atoms with Crippen LogP contribution in [0.2, 0.25) is 0 Å². The molecule has 1 heterocycles. The van der Waals surface area contributed by atoms with Crippen LogP contribution in [0.3, 0.4) is 0 Å². The van der Waals surface area contributed by atoms with E-state index in [0.717, 1.165) is 21.5 Å². The third-order valence-electron chi connectivity index (χ3n) is 2.85. The topological polar surface area (TPSA) is 26.3 Å². The zero-order valence-electron chi connectivity index (χ0n) is 9.08. The molecule has 2 rings (SSSR count). The fourth-order valence-corrected chi connectivity index (χ4v) is 3.27. The second-order valence-corrected chi connectivity index (χ2v) is 6.56. The van der Waals surface area contributed by atoms with Crippen LogP contribution in [0.25, 0.3) is 0 Å². The normalized spacial score (nSPS) is 17.6. The molecule has 4 heteroatoms. The van der Waals surface area contributed by atoms with Crippen molar-refractivity contribution in [3.8, 4) is 0 Å². The van der Waals surface area contributed by atoms with Crippen LogP contribution in [-0.4, -0.2) is 18.5 Å². The van der Waals surface area contributed by atoms with Crippen molar-refractivity contribution in [2.75, 3.05) is 6.61 Å². The molecule has 0 N–H and O–H groups in total. The average molecular weight is 303 g/mol. The number of carbonyl (C=O) groups is 1. The molecule has 1 aliphatic rings. The lowest BCUT2D eigenvalue weighted by Crippen LogP contribution is -2.20. The summed E-state index contributed by atoms with van der Waals surface area (Å²) < 4.78 is 6.64. The maximum atomic E-state index is 11.8. The molecule has 0 aliphatic heterocycles. The van der Waals surface area contributed by atoms with Gasteiger partial charge in [0.05, 0.1) is 14.8 Å². The van der Waals surface area contributed by atoms with Crippen molar-refractivity contribution in [1.82, 2.24) is 0 Å². The maximum Gasteiger partial charge on any atom is 0.198 e. The molecule has 1 aromatic rings. The van der Waals surface area contributed by atoms with Crippen LogP contribution in [-0.2, 0) is 4.74 Å². The van der Waals surface area contributed by atoms with Gasteiger partial charge in [-0.25, -0.2) is 0 Å². The smallest absolute Gasteiger partial charge is 0.198 e. The molecule has 1 saturated carbocycles. The van der Waals surface area contributed by atoms with Crippen molar-refractivity contribution in [2.45, 2.75) is 38.2 Å². The van der Waals surface area contributed by atoms with E-state index < -0.39 is 0 Å². The minimum atomic E-state index is 0.0984.